The third-order valence-corrected chi connectivity index (χ3v) is 3.14. The fraction of sp³-hybridized carbons (Fsp3) is 0.333. The molecule has 1 aromatic rings. The van der Waals surface area contributed by atoms with Gasteiger partial charge in [-0.15, -0.1) is 0 Å². The summed E-state index contributed by atoms with van der Waals surface area (Å²) < 4.78 is 14.8. The van der Waals surface area contributed by atoms with Crippen molar-refractivity contribution in [1.29, 1.82) is 0 Å². The first-order chi connectivity index (χ1) is 12.0. The SMILES string of the molecule is COc1ccc(C=CC(=O)OCCOC(=O)C(C)CC(=O)C=O)cc1. The van der Waals surface area contributed by atoms with Crippen LogP contribution < -0.4 is 4.74 Å². The molecule has 1 atom stereocenters. The average molecular weight is 348 g/mol. The summed E-state index contributed by atoms with van der Waals surface area (Å²) in [6, 6.07) is 7.10. The van der Waals surface area contributed by atoms with E-state index in [-0.39, 0.29) is 25.9 Å². The summed E-state index contributed by atoms with van der Waals surface area (Å²) in [5.41, 5.74) is 0.804. The van der Waals surface area contributed by atoms with Gasteiger partial charge in [0.25, 0.3) is 0 Å². The molecule has 1 rings (SSSR count). The Hall–Kier alpha value is -2.96. The van der Waals surface area contributed by atoms with Gasteiger partial charge in [0.1, 0.15) is 19.0 Å². The van der Waals surface area contributed by atoms with Crippen LogP contribution in [0.5, 0.6) is 5.75 Å². The molecule has 1 unspecified atom stereocenters. The van der Waals surface area contributed by atoms with Gasteiger partial charge >= 0.3 is 11.9 Å². The minimum atomic E-state index is -0.719. The van der Waals surface area contributed by atoms with Crippen molar-refractivity contribution in [3.8, 4) is 5.75 Å². The van der Waals surface area contributed by atoms with Crippen molar-refractivity contribution in [2.45, 2.75) is 13.3 Å². The maximum absolute atomic E-state index is 11.5. The lowest BCUT2D eigenvalue weighted by Crippen LogP contribution is -2.21. The Balaban J connectivity index is 2.27. The Morgan fingerprint density at radius 3 is 2.32 bits per heavy atom. The zero-order valence-electron chi connectivity index (χ0n) is 14.1. The average Bonchev–Trinajstić information content (AvgIpc) is 2.63. The maximum Gasteiger partial charge on any atom is 0.330 e. The van der Waals surface area contributed by atoms with Gasteiger partial charge in [-0.3, -0.25) is 14.4 Å². The summed E-state index contributed by atoms with van der Waals surface area (Å²) in [7, 11) is 1.57. The lowest BCUT2D eigenvalue weighted by Gasteiger charge is -2.09. The van der Waals surface area contributed by atoms with Crippen LogP contribution in [0.25, 0.3) is 6.08 Å². The zero-order valence-corrected chi connectivity index (χ0v) is 14.1. The molecule has 0 aliphatic heterocycles. The quantitative estimate of drug-likeness (QED) is 0.208. The summed E-state index contributed by atoms with van der Waals surface area (Å²) in [5.74, 6) is -1.87. The molecule has 25 heavy (non-hydrogen) atoms. The number of ketones is 1. The molecular formula is C18H20O7. The molecule has 7 heteroatoms. The molecule has 0 saturated carbocycles. The molecule has 0 N–H and O–H groups in total. The highest BCUT2D eigenvalue weighted by atomic mass is 16.6. The number of carbonyl (C=O) groups excluding carboxylic acids is 4. The van der Waals surface area contributed by atoms with Crippen molar-refractivity contribution in [2.75, 3.05) is 20.3 Å². The second-order valence-corrected chi connectivity index (χ2v) is 5.13. The third-order valence-electron chi connectivity index (χ3n) is 3.14. The van der Waals surface area contributed by atoms with Crippen LogP contribution in [-0.2, 0) is 28.7 Å². The molecule has 0 radical (unpaired) electrons. The van der Waals surface area contributed by atoms with E-state index in [1.54, 1.807) is 37.5 Å². The Morgan fingerprint density at radius 2 is 1.72 bits per heavy atom. The van der Waals surface area contributed by atoms with E-state index in [0.717, 1.165) is 5.56 Å². The fourth-order valence-corrected chi connectivity index (χ4v) is 1.79. The fourth-order valence-electron chi connectivity index (χ4n) is 1.79. The lowest BCUT2D eigenvalue weighted by atomic mass is 10.1. The van der Waals surface area contributed by atoms with Crippen molar-refractivity contribution in [1.82, 2.24) is 0 Å². The van der Waals surface area contributed by atoms with Crippen LogP contribution in [0.3, 0.4) is 0 Å². The second-order valence-electron chi connectivity index (χ2n) is 5.13. The van der Waals surface area contributed by atoms with Crippen molar-refractivity contribution < 1.29 is 33.4 Å². The Labute approximate surface area is 145 Å². The number of hydrogen-bond acceptors (Lipinski definition) is 7. The minimum absolute atomic E-state index is 0.105. The monoisotopic (exact) mass is 348 g/mol. The lowest BCUT2D eigenvalue weighted by molar-refractivity contribution is -0.153. The summed E-state index contributed by atoms with van der Waals surface area (Å²) in [6.07, 6.45) is 2.81. The largest absolute Gasteiger partial charge is 0.497 e. The van der Waals surface area contributed by atoms with Crippen LogP contribution in [0.4, 0.5) is 0 Å². The molecular weight excluding hydrogens is 328 g/mol. The molecule has 0 aliphatic rings. The normalized spacial score (nSPS) is 11.6. The van der Waals surface area contributed by atoms with Crippen LogP contribution >= 0.6 is 0 Å². The van der Waals surface area contributed by atoms with E-state index in [1.165, 1.54) is 13.0 Å². The molecule has 0 aliphatic carbocycles. The van der Waals surface area contributed by atoms with Crippen LogP contribution in [0.1, 0.15) is 18.9 Å². The maximum atomic E-state index is 11.5. The van der Waals surface area contributed by atoms with E-state index >= 15 is 0 Å². The molecule has 7 nitrogen and oxygen atoms in total. The molecule has 1 aromatic carbocycles. The number of hydrogen-bond donors (Lipinski definition) is 0. The van der Waals surface area contributed by atoms with E-state index in [9.17, 15) is 19.2 Å². The topological polar surface area (TPSA) is 96.0 Å². The number of methoxy groups -OCH3 is 1. The highest BCUT2D eigenvalue weighted by Crippen LogP contribution is 2.12. The summed E-state index contributed by atoms with van der Waals surface area (Å²) in [6.45, 7) is 1.25. The molecule has 0 bridgehead atoms. The van der Waals surface area contributed by atoms with E-state index in [0.29, 0.717) is 5.75 Å². The summed E-state index contributed by atoms with van der Waals surface area (Å²) >= 11 is 0. The molecule has 0 fully saturated rings. The minimum Gasteiger partial charge on any atom is -0.497 e. The number of rotatable bonds is 10. The molecule has 0 amide bonds. The van der Waals surface area contributed by atoms with Gasteiger partial charge in [0.2, 0.25) is 0 Å². The predicted octanol–water partition coefficient (Wildman–Crippen LogP) is 1.59. The Morgan fingerprint density at radius 1 is 1.08 bits per heavy atom. The highest BCUT2D eigenvalue weighted by Gasteiger charge is 2.17. The van der Waals surface area contributed by atoms with Crippen molar-refractivity contribution in [2.24, 2.45) is 5.92 Å². The van der Waals surface area contributed by atoms with Gasteiger partial charge in [-0.2, -0.15) is 0 Å². The predicted molar refractivity (Wildman–Crippen MR) is 88.8 cm³/mol. The summed E-state index contributed by atoms with van der Waals surface area (Å²) in [5, 5.41) is 0. The number of Topliss-reactive ketones (excluding diaryl/α,β-unsaturated/α-hetero) is 1. The van der Waals surface area contributed by atoms with Crippen LogP contribution in [0, 0.1) is 5.92 Å². The van der Waals surface area contributed by atoms with Crippen LogP contribution in [0.15, 0.2) is 30.3 Å². The van der Waals surface area contributed by atoms with Gasteiger partial charge in [-0.05, 0) is 23.8 Å². The van der Waals surface area contributed by atoms with E-state index in [4.69, 9.17) is 14.2 Å². The molecule has 0 saturated heterocycles. The molecule has 0 spiro atoms. The summed E-state index contributed by atoms with van der Waals surface area (Å²) in [4.78, 5) is 44.2. The van der Waals surface area contributed by atoms with Crippen molar-refractivity contribution >= 4 is 30.1 Å². The Kier molecular flexibility index (Phi) is 8.63. The van der Waals surface area contributed by atoms with Gasteiger partial charge in [0.15, 0.2) is 12.1 Å². The molecule has 0 heterocycles. The van der Waals surface area contributed by atoms with Gasteiger partial charge in [-0.1, -0.05) is 19.1 Å². The first kappa shape index (κ1) is 20.1. The smallest absolute Gasteiger partial charge is 0.330 e. The van der Waals surface area contributed by atoms with Gasteiger partial charge in [-0.25, -0.2) is 4.79 Å². The number of aldehydes is 1. The zero-order chi connectivity index (χ0) is 18.7. The van der Waals surface area contributed by atoms with E-state index < -0.39 is 23.6 Å². The van der Waals surface area contributed by atoms with Crippen molar-refractivity contribution in [3.05, 3.63) is 35.9 Å². The molecule has 134 valence electrons. The van der Waals surface area contributed by atoms with Crippen LogP contribution in [-0.4, -0.2) is 44.3 Å². The number of esters is 2. The second kappa shape index (κ2) is 10.7. The van der Waals surface area contributed by atoms with Crippen LogP contribution in [0.2, 0.25) is 0 Å². The van der Waals surface area contributed by atoms with Gasteiger partial charge in [0.05, 0.1) is 13.0 Å². The highest BCUT2D eigenvalue weighted by molar-refractivity contribution is 6.25. The number of carbonyl (C=O) groups is 4. The van der Waals surface area contributed by atoms with Crippen molar-refractivity contribution in [3.63, 3.8) is 0 Å². The molecule has 0 aromatic heterocycles. The van der Waals surface area contributed by atoms with E-state index in [1.807, 2.05) is 0 Å². The van der Waals surface area contributed by atoms with Gasteiger partial charge in [0, 0.05) is 12.5 Å². The Bertz CT molecular complexity index is 631. The number of ether oxygens (including phenoxy) is 3. The van der Waals surface area contributed by atoms with E-state index in [2.05, 4.69) is 0 Å². The first-order valence-corrected chi connectivity index (χ1v) is 7.59. The van der Waals surface area contributed by atoms with Gasteiger partial charge < -0.3 is 14.2 Å². The first-order valence-electron chi connectivity index (χ1n) is 7.59. The number of benzene rings is 1. The standard InChI is InChI=1S/C18H20O7/c1-13(11-15(20)12-19)18(22)25-10-9-24-17(21)8-5-14-3-6-16(23-2)7-4-14/h3-8,12-13H,9-11H2,1-2H3. The third kappa shape index (κ3) is 7.92.